The van der Waals surface area contributed by atoms with Crippen molar-refractivity contribution in [1.82, 2.24) is 14.7 Å². The number of nitrogens with zero attached hydrogens (tertiary/aromatic N) is 3. The average molecular weight is 386 g/mol. The van der Waals surface area contributed by atoms with E-state index in [-0.39, 0.29) is 11.9 Å². The van der Waals surface area contributed by atoms with Crippen molar-refractivity contribution in [3.8, 4) is 0 Å². The number of carbonyl (C=O) groups is 2. The van der Waals surface area contributed by atoms with Crippen LogP contribution in [0.25, 0.3) is 0 Å². The second-order valence-corrected chi connectivity index (χ2v) is 8.67. The van der Waals surface area contributed by atoms with Gasteiger partial charge in [0.05, 0.1) is 0 Å². The van der Waals surface area contributed by atoms with Crippen LogP contribution in [-0.4, -0.2) is 66.8 Å². The van der Waals surface area contributed by atoms with Gasteiger partial charge in [0.15, 0.2) is 0 Å². The fourth-order valence-electron chi connectivity index (χ4n) is 4.48. The topological polar surface area (TPSA) is 43.9 Å². The summed E-state index contributed by atoms with van der Waals surface area (Å²) in [6.45, 7) is 5.55. The van der Waals surface area contributed by atoms with Crippen molar-refractivity contribution < 1.29 is 9.59 Å². The zero-order valence-corrected chi connectivity index (χ0v) is 17.7. The maximum absolute atomic E-state index is 13.2. The number of piperidine rings is 1. The number of amides is 2. The van der Waals surface area contributed by atoms with Gasteiger partial charge >= 0.3 is 0 Å². The molecule has 2 heterocycles. The summed E-state index contributed by atoms with van der Waals surface area (Å²) in [4.78, 5) is 31.5. The third kappa shape index (κ3) is 5.13. The number of carbonyl (C=O) groups excluding carboxylic acids is 2. The first kappa shape index (κ1) is 20.8. The molecule has 0 N–H and O–H groups in total. The van der Waals surface area contributed by atoms with E-state index >= 15 is 0 Å². The third-order valence-electron chi connectivity index (χ3n) is 6.29. The molecule has 1 unspecified atom stereocenters. The van der Waals surface area contributed by atoms with Gasteiger partial charge < -0.3 is 9.80 Å². The zero-order chi connectivity index (χ0) is 20.1. The van der Waals surface area contributed by atoms with Crippen LogP contribution in [0.15, 0.2) is 24.3 Å². The van der Waals surface area contributed by atoms with Crippen LogP contribution in [0, 0.1) is 12.8 Å². The van der Waals surface area contributed by atoms with Gasteiger partial charge in [0.2, 0.25) is 11.8 Å². The van der Waals surface area contributed by atoms with E-state index in [0.717, 1.165) is 63.8 Å². The number of hydrogen-bond donors (Lipinski definition) is 0. The molecule has 1 aromatic rings. The van der Waals surface area contributed by atoms with Crippen LogP contribution in [0.1, 0.15) is 55.7 Å². The quantitative estimate of drug-likeness (QED) is 0.755. The van der Waals surface area contributed by atoms with Gasteiger partial charge in [0.1, 0.15) is 6.04 Å². The van der Waals surface area contributed by atoms with Gasteiger partial charge in [-0.3, -0.25) is 14.5 Å². The largest absolute Gasteiger partial charge is 0.343 e. The molecule has 0 radical (unpaired) electrons. The van der Waals surface area contributed by atoms with E-state index in [1.165, 1.54) is 5.56 Å². The molecule has 5 nitrogen and oxygen atoms in total. The fraction of sp³-hybridized carbons (Fsp3) is 0.652. The molecule has 2 aliphatic heterocycles. The molecule has 28 heavy (non-hydrogen) atoms. The number of benzene rings is 1. The number of rotatable bonds is 6. The summed E-state index contributed by atoms with van der Waals surface area (Å²) in [5.74, 6) is 1.08. The van der Waals surface area contributed by atoms with E-state index in [4.69, 9.17) is 0 Å². The van der Waals surface area contributed by atoms with Gasteiger partial charge in [0, 0.05) is 32.6 Å². The Labute approximate surface area is 169 Å². The maximum Gasteiger partial charge on any atom is 0.244 e. The van der Waals surface area contributed by atoms with Gasteiger partial charge in [-0.1, -0.05) is 29.8 Å². The second-order valence-electron chi connectivity index (χ2n) is 8.67. The summed E-state index contributed by atoms with van der Waals surface area (Å²) in [7, 11) is 3.94. The lowest BCUT2D eigenvalue weighted by Crippen LogP contribution is -2.44. The lowest BCUT2D eigenvalue weighted by molar-refractivity contribution is -0.138. The van der Waals surface area contributed by atoms with Crippen molar-refractivity contribution in [3.05, 3.63) is 35.4 Å². The van der Waals surface area contributed by atoms with Gasteiger partial charge in [-0.25, -0.2) is 0 Å². The Bertz CT molecular complexity index is 657. The molecule has 0 saturated carbocycles. The molecular formula is C23H35N3O2. The van der Waals surface area contributed by atoms with Gasteiger partial charge in [-0.05, 0) is 64.6 Å². The third-order valence-corrected chi connectivity index (χ3v) is 6.29. The van der Waals surface area contributed by atoms with Crippen molar-refractivity contribution in [2.24, 2.45) is 5.92 Å². The minimum atomic E-state index is -0.228. The van der Waals surface area contributed by atoms with E-state index in [9.17, 15) is 9.59 Å². The van der Waals surface area contributed by atoms with Crippen molar-refractivity contribution in [1.29, 1.82) is 0 Å². The molecule has 2 fully saturated rings. The highest BCUT2D eigenvalue weighted by Gasteiger charge is 2.31. The fourth-order valence-corrected chi connectivity index (χ4v) is 4.48. The standard InChI is InChI=1S/C23H35N3O2/c1-18-6-9-20(10-7-18)22(24(2)3)23(28)26-16-12-19(13-17-26)8-11-21(27)25-14-4-5-15-25/h6-7,9-10,19,22H,4-5,8,11-17H2,1-3H3. The Hall–Kier alpha value is -1.88. The molecule has 1 aromatic carbocycles. The average Bonchev–Trinajstić information content (AvgIpc) is 3.23. The molecule has 3 rings (SSSR count). The van der Waals surface area contributed by atoms with Crippen LogP contribution in [0.2, 0.25) is 0 Å². The number of aryl methyl sites for hydroxylation is 1. The maximum atomic E-state index is 13.2. The molecule has 2 amide bonds. The molecular weight excluding hydrogens is 350 g/mol. The predicted molar refractivity (Wildman–Crippen MR) is 112 cm³/mol. The number of likely N-dealkylation sites (tertiary alicyclic amines) is 2. The Kier molecular flexibility index (Phi) is 7.11. The van der Waals surface area contributed by atoms with Crippen LogP contribution in [-0.2, 0) is 9.59 Å². The summed E-state index contributed by atoms with van der Waals surface area (Å²) >= 11 is 0. The first-order valence-electron chi connectivity index (χ1n) is 10.8. The minimum absolute atomic E-state index is 0.195. The second kappa shape index (κ2) is 9.55. The lowest BCUT2D eigenvalue weighted by Gasteiger charge is -2.36. The van der Waals surface area contributed by atoms with Crippen LogP contribution >= 0.6 is 0 Å². The molecule has 0 aromatic heterocycles. The zero-order valence-electron chi connectivity index (χ0n) is 17.7. The summed E-state index contributed by atoms with van der Waals surface area (Å²) in [6.07, 6.45) is 5.95. The summed E-state index contributed by atoms with van der Waals surface area (Å²) < 4.78 is 0. The van der Waals surface area contributed by atoms with E-state index in [0.29, 0.717) is 18.2 Å². The van der Waals surface area contributed by atoms with Crippen LogP contribution in [0.3, 0.4) is 0 Å². The molecule has 2 saturated heterocycles. The highest BCUT2D eigenvalue weighted by Crippen LogP contribution is 2.27. The van der Waals surface area contributed by atoms with Crippen molar-refractivity contribution in [2.75, 3.05) is 40.3 Å². The molecule has 5 heteroatoms. The van der Waals surface area contributed by atoms with Gasteiger partial charge in [0.25, 0.3) is 0 Å². The molecule has 2 aliphatic rings. The Balaban J connectivity index is 1.50. The van der Waals surface area contributed by atoms with Crippen molar-refractivity contribution >= 4 is 11.8 Å². The molecule has 1 atom stereocenters. The van der Waals surface area contributed by atoms with Crippen LogP contribution in [0.5, 0.6) is 0 Å². The number of hydrogen-bond acceptors (Lipinski definition) is 3. The summed E-state index contributed by atoms with van der Waals surface area (Å²) in [5, 5.41) is 0. The highest BCUT2D eigenvalue weighted by molar-refractivity contribution is 5.83. The van der Waals surface area contributed by atoms with E-state index in [1.54, 1.807) is 0 Å². The Morgan fingerprint density at radius 1 is 1.00 bits per heavy atom. The molecule has 0 aliphatic carbocycles. The number of likely N-dealkylation sites (N-methyl/N-ethyl adjacent to an activating group) is 1. The van der Waals surface area contributed by atoms with Crippen LogP contribution in [0.4, 0.5) is 0 Å². The molecule has 0 bridgehead atoms. The monoisotopic (exact) mass is 385 g/mol. The normalized spacial score (nSPS) is 19.3. The Morgan fingerprint density at radius 2 is 1.61 bits per heavy atom. The lowest BCUT2D eigenvalue weighted by atomic mass is 9.91. The van der Waals surface area contributed by atoms with Crippen molar-refractivity contribution in [3.63, 3.8) is 0 Å². The molecule has 0 spiro atoms. The van der Waals surface area contributed by atoms with E-state index in [1.807, 2.05) is 28.8 Å². The summed E-state index contributed by atoms with van der Waals surface area (Å²) in [6, 6.07) is 8.04. The van der Waals surface area contributed by atoms with Crippen LogP contribution < -0.4 is 0 Å². The smallest absolute Gasteiger partial charge is 0.244 e. The van der Waals surface area contributed by atoms with E-state index in [2.05, 4.69) is 31.2 Å². The minimum Gasteiger partial charge on any atom is -0.343 e. The van der Waals surface area contributed by atoms with Gasteiger partial charge in [-0.2, -0.15) is 0 Å². The summed E-state index contributed by atoms with van der Waals surface area (Å²) in [5.41, 5.74) is 2.26. The van der Waals surface area contributed by atoms with Gasteiger partial charge in [-0.15, -0.1) is 0 Å². The van der Waals surface area contributed by atoms with E-state index < -0.39 is 0 Å². The first-order valence-corrected chi connectivity index (χ1v) is 10.8. The Morgan fingerprint density at radius 3 is 2.18 bits per heavy atom. The highest BCUT2D eigenvalue weighted by atomic mass is 16.2. The SMILES string of the molecule is Cc1ccc(C(C(=O)N2CCC(CCC(=O)N3CCCC3)CC2)N(C)C)cc1. The predicted octanol–water partition coefficient (Wildman–Crippen LogP) is 3.24. The van der Waals surface area contributed by atoms with Crippen molar-refractivity contribution in [2.45, 2.75) is 51.5 Å². The first-order chi connectivity index (χ1) is 13.5. The molecule has 154 valence electrons.